The van der Waals surface area contributed by atoms with Crippen LogP contribution >= 0.6 is 22.7 Å². The van der Waals surface area contributed by atoms with Gasteiger partial charge < -0.3 is 15.0 Å². The number of thiophene rings is 1. The first-order chi connectivity index (χ1) is 20.8. The third kappa shape index (κ3) is 5.81. The van der Waals surface area contributed by atoms with E-state index in [1.165, 1.54) is 23.5 Å². The number of piperidine rings is 1. The Labute approximate surface area is 259 Å². The number of nitrogens with zero attached hydrogens (tertiary/aromatic N) is 3. The normalized spacial score (nSPS) is 17.5. The molecule has 0 saturated carbocycles. The van der Waals surface area contributed by atoms with Gasteiger partial charge in [-0.1, -0.05) is 25.5 Å². The lowest BCUT2D eigenvalue weighted by atomic mass is 10.0. The van der Waals surface area contributed by atoms with Crippen LogP contribution in [0.15, 0.2) is 53.4 Å². The average Bonchev–Trinajstić information content (AvgIpc) is 3.61. The fraction of sp³-hybridized carbons (Fsp3) is 0.387. The van der Waals surface area contributed by atoms with Gasteiger partial charge in [0.1, 0.15) is 10.0 Å². The molecule has 2 amide bonds. The zero-order valence-corrected chi connectivity index (χ0v) is 26.6. The highest BCUT2D eigenvalue weighted by Gasteiger charge is 2.33. The lowest BCUT2D eigenvalue weighted by Crippen LogP contribution is -2.43. The molecule has 1 N–H and O–H groups in total. The summed E-state index contributed by atoms with van der Waals surface area (Å²) in [5, 5.41) is 4.56. The predicted molar refractivity (Wildman–Crippen MR) is 170 cm³/mol. The number of ether oxygens (including phenoxy) is 1. The van der Waals surface area contributed by atoms with Crippen molar-refractivity contribution in [1.29, 1.82) is 0 Å². The number of carbonyl (C=O) groups excluding carboxylic acids is 2. The number of hydrogen-bond donors (Lipinski definition) is 1. The number of rotatable bonds is 7. The van der Waals surface area contributed by atoms with Crippen LogP contribution in [0.25, 0.3) is 20.8 Å². The molecule has 2 aromatic carbocycles. The summed E-state index contributed by atoms with van der Waals surface area (Å²) in [6, 6.07) is 14.1. The zero-order chi connectivity index (χ0) is 30.1. The monoisotopic (exact) mass is 638 g/mol. The molecule has 1 fully saturated rings. The molecule has 0 bridgehead atoms. The van der Waals surface area contributed by atoms with Crippen molar-refractivity contribution >= 4 is 59.9 Å². The van der Waals surface area contributed by atoms with E-state index in [4.69, 9.17) is 9.72 Å². The maximum absolute atomic E-state index is 13.5. The van der Waals surface area contributed by atoms with Gasteiger partial charge in [0.15, 0.2) is 0 Å². The molecule has 0 aliphatic carbocycles. The van der Waals surface area contributed by atoms with Crippen molar-refractivity contribution in [2.24, 2.45) is 0 Å². The number of aromatic nitrogens is 1. The third-order valence-electron chi connectivity index (χ3n) is 8.09. The summed E-state index contributed by atoms with van der Waals surface area (Å²) in [5.74, 6) is -0.337. The van der Waals surface area contributed by atoms with E-state index in [1.54, 1.807) is 39.6 Å². The Kier molecular flexibility index (Phi) is 8.54. The van der Waals surface area contributed by atoms with E-state index in [9.17, 15) is 18.0 Å². The molecule has 0 radical (unpaired) electrons. The highest BCUT2D eigenvalue weighted by molar-refractivity contribution is 7.89. The quantitative estimate of drug-likeness (QED) is 0.240. The van der Waals surface area contributed by atoms with Crippen LogP contribution in [0.3, 0.4) is 0 Å². The maximum Gasteiger partial charge on any atom is 0.410 e. The SMILES string of the molecule is CCOC(=O)N1CCc2c(sc(NC(=O)c3ccc(S(=O)(=O)N4CCCCC4CC)cc3)c2-c2nc3ccccc3s2)C1. The first kappa shape index (κ1) is 29.7. The Bertz CT molecular complexity index is 1730. The second-order valence-corrected chi connectivity index (χ2v) is 14.7. The minimum Gasteiger partial charge on any atom is -0.450 e. The van der Waals surface area contributed by atoms with Gasteiger partial charge in [-0.3, -0.25) is 4.79 Å². The zero-order valence-electron chi connectivity index (χ0n) is 24.2. The molecule has 9 nitrogen and oxygen atoms in total. The van der Waals surface area contributed by atoms with E-state index in [0.29, 0.717) is 43.2 Å². The Morgan fingerprint density at radius 2 is 1.84 bits per heavy atom. The van der Waals surface area contributed by atoms with Crippen LogP contribution in [0, 0.1) is 0 Å². The number of anilines is 1. The topological polar surface area (TPSA) is 109 Å². The van der Waals surface area contributed by atoms with E-state index < -0.39 is 10.0 Å². The summed E-state index contributed by atoms with van der Waals surface area (Å²) in [6.45, 7) is 5.55. The molecule has 4 heterocycles. The van der Waals surface area contributed by atoms with E-state index in [0.717, 1.165) is 56.9 Å². The minimum absolute atomic E-state index is 0.00673. The molecule has 1 saturated heterocycles. The number of amides is 2. The minimum atomic E-state index is -3.64. The Morgan fingerprint density at radius 1 is 1.05 bits per heavy atom. The van der Waals surface area contributed by atoms with Crippen molar-refractivity contribution in [2.75, 3.05) is 25.0 Å². The number of thiazole rings is 1. The fourth-order valence-electron chi connectivity index (χ4n) is 5.85. The molecule has 226 valence electrons. The van der Waals surface area contributed by atoms with Gasteiger partial charge in [0.05, 0.1) is 28.3 Å². The first-order valence-corrected chi connectivity index (χ1v) is 17.7. The lowest BCUT2D eigenvalue weighted by molar-refractivity contribution is 0.102. The smallest absolute Gasteiger partial charge is 0.410 e. The van der Waals surface area contributed by atoms with Crippen molar-refractivity contribution < 1.29 is 22.7 Å². The van der Waals surface area contributed by atoms with Crippen molar-refractivity contribution in [3.63, 3.8) is 0 Å². The molecule has 12 heteroatoms. The van der Waals surface area contributed by atoms with Crippen LogP contribution < -0.4 is 5.32 Å². The number of benzene rings is 2. The van der Waals surface area contributed by atoms with Crippen molar-refractivity contribution in [2.45, 2.75) is 63.4 Å². The number of nitrogens with one attached hydrogen (secondary N) is 1. The van der Waals surface area contributed by atoms with Crippen LogP contribution in [0.4, 0.5) is 9.80 Å². The van der Waals surface area contributed by atoms with Gasteiger partial charge >= 0.3 is 6.09 Å². The van der Waals surface area contributed by atoms with E-state index in [1.807, 2.05) is 31.2 Å². The molecular formula is C31H34N4O5S3. The van der Waals surface area contributed by atoms with Gasteiger partial charge in [-0.05, 0) is 74.6 Å². The van der Waals surface area contributed by atoms with Crippen LogP contribution in [0.5, 0.6) is 0 Å². The van der Waals surface area contributed by atoms with Gasteiger partial charge in [-0.2, -0.15) is 4.31 Å². The van der Waals surface area contributed by atoms with Gasteiger partial charge in [-0.25, -0.2) is 18.2 Å². The van der Waals surface area contributed by atoms with Crippen LogP contribution in [-0.2, 0) is 27.7 Å². The lowest BCUT2D eigenvalue weighted by Gasteiger charge is -2.34. The van der Waals surface area contributed by atoms with E-state index >= 15 is 0 Å². The van der Waals surface area contributed by atoms with Crippen molar-refractivity contribution in [1.82, 2.24) is 14.2 Å². The molecule has 0 spiro atoms. The standard InChI is InChI=1S/C31H34N4O5S3/c1-3-21-9-7-8-17-35(21)43(38,39)22-14-12-20(13-15-22)28(36)33-30-27(29-32-24-10-5-6-11-25(24)41-29)23-16-18-34(19-26(23)42-30)31(37)40-4-2/h5-6,10-15,21H,3-4,7-9,16-19H2,1-2H3,(H,33,36). The summed E-state index contributed by atoms with van der Waals surface area (Å²) in [5.41, 5.74) is 3.21. The number of hydrogen-bond acceptors (Lipinski definition) is 8. The Hall–Kier alpha value is -3.32. The van der Waals surface area contributed by atoms with Crippen molar-refractivity contribution in [3.8, 4) is 10.6 Å². The van der Waals surface area contributed by atoms with Gasteiger partial charge in [0, 0.05) is 35.1 Å². The molecule has 6 rings (SSSR count). The highest BCUT2D eigenvalue weighted by atomic mass is 32.2. The second kappa shape index (κ2) is 12.4. The second-order valence-electron chi connectivity index (χ2n) is 10.7. The highest BCUT2D eigenvalue weighted by Crippen LogP contribution is 2.46. The first-order valence-electron chi connectivity index (χ1n) is 14.7. The molecule has 2 aliphatic rings. The molecular weight excluding hydrogens is 605 g/mol. The number of carbonyl (C=O) groups is 2. The molecule has 1 atom stereocenters. The third-order valence-corrected chi connectivity index (χ3v) is 12.2. The van der Waals surface area contributed by atoms with Gasteiger partial charge in [0.25, 0.3) is 5.91 Å². The summed E-state index contributed by atoms with van der Waals surface area (Å²) in [6.07, 6.45) is 3.81. The summed E-state index contributed by atoms with van der Waals surface area (Å²) in [7, 11) is -3.64. The van der Waals surface area contributed by atoms with E-state index in [-0.39, 0.29) is 22.9 Å². The largest absolute Gasteiger partial charge is 0.450 e. The molecule has 1 unspecified atom stereocenters. The summed E-state index contributed by atoms with van der Waals surface area (Å²) < 4.78 is 34.7. The molecule has 4 aromatic rings. The number of para-hydroxylation sites is 1. The molecule has 2 aromatic heterocycles. The van der Waals surface area contributed by atoms with Gasteiger partial charge in [0.2, 0.25) is 10.0 Å². The van der Waals surface area contributed by atoms with Crippen LogP contribution in [0.2, 0.25) is 0 Å². The molecule has 2 aliphatic heterocycles. The molecule has 43 heavy (non-hydrogen) atoms. The maximum atomic E-state index is 13.5. The number of sulfonamides is 1. The Balaban J connectivity index is 1.29. The Morgan fingerprint density at radius 3 is 2.58 bits per heavy atom. The van der Waals surface area contributed by atoms with Crippen molar-refractivity contribution in [3.05, 3.63) is 64.5 Å². The van der Waals surface area contributed by atoms with Crippen LogP contribution in [0.1, 0.15) is 60.3 Å². The van der Waals surface area contributed by atoms with Gasteiger partial charge in [-0.15, -0.1) is 22.7 Å². The summed E-state index contributed by atoms with van der Waals surface area (Å²) in [4.78, 5) is 33.7. The summed E-state index contributed by atoms with van der Waals surface area (Å²) >= 11 is 3.01. The number of fused-ring (bicyclic) bond motifs is 2. The fourth-order valence-corrected chi connectivity index (χ4v) is 9.99. The van der Waals surface area contributed by atoms with E-state index in [2.05, 4.69) is 5.32 Å². The van der Waals surface area contributed by atoms with Crippen LogP contribution in [-0.4, -0.2) is 60.3 Å². The average molecular weight is 639 g/mol. The predicted octanol–water partition coefficient (Wildman–Crippen LogP) is 6.74.